The van der Waals surface area contributed by atoms with Gasteiger partial charge in [-0.3, -0.25) is 4.99 Å². The van der Waals surface area contributed by atoms with Crippen molar-refractivity contribution in [1.29, 1.82) is 0 Å². The Morgan fingerprint density at radius 3 is 2.67 bits per heavy atom. The van der Waals surface area contributed by atoms with E-state index in [-0.39, 0.29) is 0 Å². The number of nitrogens with zero attached hydrogens (tertiary/aromatic N) is 1. The molecule has 0 fully saturated rings. The van der Waals surface area contributed by atoms with E-state index in [2.05, 4.69) is 18.8 Å². The molecule has 0 aliphatic carbocycles. The van der Waals surface area contributed by atoms with Gasteiger partial charge in [-0.05, 0) is 24.3 Å². The quantitative estimate of drug-likeness (QED) is 0.554. The van der Waals surface area contributed by atoms with Crippen LogP contribution in [0.25, 0.3) is 0 Å². The van der Waals surface area contributed by atoms with Crippen LogP contribution in [-0.2, 0) is 0 Å². The Labute approximate surface area is 59.2 Å². The van der Waals surface area contributed by atoms with E-state index in [1.165, 1.54) is 10.5 Å². The minimum Gasteiger partial charge on any atom is -0.378 e. The summed E-state index contributed by atoms with van der Waals surface area (Å²) in [5.74, 6) is 0. The maximum absolute atomic E-state index is 5.47. The third-order valence-electron chi connectivity index (χ3n) is 1.33. The standard InChI is InChI=1S/C6H10N2S/c1-4-3-8-6(7)9-5(4)2/h3H2,1-2H3,(H2,7,8). The number of thioether (sulfide) groups is 1. The lowest BCUT2D eigenvalue weighted by Crippen LogP contribution is -2.11. The lowest BCUT2D eigenvalue weighted by molar-refractivity contribution is 1.11. The molecule has 0 saturated carbocycles. The van der Waals surface area contributed by atoms with Crippen LogP contribution >= 0.6 is 11.8 Å². The molecule has 1 rings (SSSR count). The van der Waals surface area contributed by atoms with Crippen molar-refractivity contribution in [3.63, 3.8) is 0 Å². The zero-order chi connectivity index (χ0) is 6.85. The number of hydrogen-bond donors (Lipinski definition) is 1. The summed E-state index contributed by atoms with van der Waals surface area (Å²) < 4.78 is 0. The number of amidine groups is 1. The maximum Gasteiger partial charge on any atom is 0.158 e. The van der Waals surface area contributed by atoms with E-state index >= 15 is 0 Å². The molecule has 2 N–H and O–H groups in total. The molecule has 0 aromatic heterocycles. The van der Waals surface area contributed by atoms with Crippen LogP contribution in [0.2, 0.25) is 0 Å². The molecule has 1 aliphatic heterocycles. The van der Waals surface area contributed by atoms with Crippen LogP contribution in [0, 0.1) is 0 Å². The zero-order valence-corrected chi connectivity index (χ0v) is 6.46. The van der Waals surface area contributed by atoms with Crippen molar-refractivity contribution in [1.82, 2.24) is 0 Å². The van der Waals surface area contributed by atoms with Crippen molar-refractivity contribution >= 4 is 16.9 Å². The fourth-order valence-corrected chi connectivity index (χ4v) is 1.27. The van der Waals surface area contributed by atoms with E-state index in [1.54, 1.807) is 11.8 Å². The second kappa shape index (κ2) is 2.43. The van der Waals surface area contributed by atoms with Crippen molar-refractivity contribution in [3.05, 3.63) is 10.5 Å². The second-order valence-electron chi connectivity index (χ2n) is 2.09. The minimum absolute atomic E-state index is 0.693. The molecule has 0 saturated heterocycles. The van der Waals surface area contributed by atoms with Crippen molar-refractivity contribution in [2.24, 2.45) is 10.7 Å². The normalized spacial score (nSPS) is 20.0. The van der Waals surface area contributed by atoms with Crippen molar-refractivity contribution in [2.75, 3.05) is 6.54 Å². The highest BCUT2D eigenvalue weighted by atomic mass is 32.2. The highest BCUT2D eigenvalue weighted by Gasteiger charge is 2.05. The highest BCUT2D eigenvalue weighted by molar-refractivity contribution is 8.17. The molecule has 0 bridgehead atoms. The fraction of sp³-hybridized carbons (Fsp3) is 0.500. The first kappa shape index (κ1) is 6.68. The summed E-state index contributed by atoms with van der Waals surface area (Å²) in [6, 6.07) is 0. The Morgan fingerprint density at radius 1 is 1.56 bits per heavy atom. The molecule has 1 heterocycles. The predicted molar refractivity (Wildman–Crippen MR) is 42.5 cm³/mol. The van der Waals surface area contributed by atoms with Crippen molar-refractivity contribution < 1.29 is 0 Å². The largest absolute Gasteiger partial charge is 0.378 e. The molecule has 0 aromatic rings. The average Bonchev–Trinajstić information content (AvgIpc) is 1.80. The van der Waals surface area contributed by atoms with Crippen LogP contribution in [0.3, 0.4) is 0 Å². The Hall–Kier alpha value is -0.440. The van der Waals surface area contributed by atoms with E-state index < -0.39 is 0 Å². The van der Waals surface area contributed by atoms with Gasteiger partial charge in [0.2, 0.25) is 0 Å². The van der Waals surface area contributed by atoms with Crippen LogP contribution < -0.4 is 5.73 Å². The highest BCUT2D eigenvalue weighted by Crippen LogP contribution is 2.22. The molecule has 50 valence electrons. The Morgan fingerprint density at radius 2 is 2.22 bits per heavy atom. The van der Waals surface area contributed by atoms with Gasteiger partial charge >= 0.3 is 0 Å². The molecule has 1 aliphatic rings. The lowest BCUT2D eigenvalue weighted by atomic mass is 10.3. The van der Waals surface area contributed by atoms with Gasteiger partial charge in [0.15, 0.2) is 5.17 Å². The predicted octanol–water partition coefficient (Wildman–Crippen LogP) is 1.34. The van der Waals surface area contributed by atoms with E-state index in [0.717, 1.165) is 6.54 Å². The summed E-state index contributed by atoms with van der Waals surface area (Å²) in [5.41, 5.74) is 6.79. The van der Waals surface area contributed by atoms with Crippen molar-refractivity contribution in [3.8, 4) is 0 Å². The molecule has 0 radical (unpaired) electrons. The second-order valence-corrected chi connectivity index (χ2v) is 3.33. The Balaban J connectivity index is 2.70. The molecule has 0 spiro atoms. The topological polar surface area (TPSA) is 38.4 Å². The van der Waals surface area contributed by atoms with Crippen LogP contribution in [-0.4, -0.2) is 11.7 Å². The van der Waals surface area contributed by atoms with Gasteiger partial charge in [-0.1, -0.05) is 11.8 Å². The number of rotatable bonds is 0. The summed E-state index contributed by atoms with van der Waals surface area (Å²) in [4.78, 5) is 5.35. The monoisotopic (exact) mass is 142 g/mol. The Bertz CT molecular complexity index is 181. The van der Waals surface area contributed by atoms with Gasteiger partial charge in [-0.15, -0.1) is 0 Å². The van der Waals surface area contributed by atoms with Gasteiger partial charge in [0.25, 0.3) is 0 Å². The molecule has 2 nitrogen and oxygen atoms in total. The van der Waals surface area contributed by atoms with Crippen LogP contribution in [0.15, 0.2) is 15.5 Å². The van der Waals surface area contributed by atoms with E-state index in [9.17, 15) is 0 Å². The molecule has 0 amide bonds. The van der Waals surface area contributed by atoms with Gasteiger partial charge in [-0.2, -0.15) is 0 Å². The smallest absolute Gasteiger partial charge is 0.158 e. The fourth-order valence-electron chi connectivity index (χ4n) is 0.584. The summed E-state index contributed by atoms with van der Waals surface area (Å²) >= 11 is 1.56. The van der Waals surface area contributed by atoms with Gasteiger partial charge in [-0.25, -0.2) is 0 Å². The van der Waals surface area contributed by atoms with Gasteiger partial charge in [0.05, 0.1) is 6.54 Å². The first-order valence-corrected chi connectivity index (χ1v) is 3.66. The molecular weight excluding hydrogens is 132 g/mol. The van der Waals surface area contributed by atoms with Gasteiger partial charge in [0.1, 0.15) is 0 Å². The van der Waals surface area contributed by atoms with Crippen LogP contribution in [0.4, 0.5) is 0 Å². The summed E-state index contributed by atoms with van der Waals surface area (Å²) in [7, 11) is 0. The molecular formula is C6H10N2S. The summed E-state index contributed by atoms with van der Waals surface area (Å²) in [6.07, 6.45) is 0. The lowest BCUT2D eigenvalue weighted by Gasteiger charge is -2.10. The van der Waals surface area contributed by atoms with E-state index in [1.807, 2.05) is 0 Å². The number of hydrogen-bond acceptors (Lipinski definition) is 3. The summed E-state index contributed by atoms with van der Waals surface area (Å²) in [5, 5.41) is 0.693. The summed E-state index contributed by atoms with van der Waals surface area (Å²) in [6.45, 7) is 4.93. The minimum atomic E-state index is 0.693. The molecule has 0 atom stereocenters. The third kappa shape index (κ3) is 1.48. The van der Waals surface area contributed by atoms with Gasteiger partial charge in [0, 0.05) is 0 Å². The molecule has 0 unspecified atom stereocenters. The first-order chi connectivity index (χ1) is 4.20. The van der Waals surface area contributed by atoms with Crippen LogP contribution in [0.1, 0.15) is 13.8 Å². The molecule has 9 heavy (non-hydrogen) atoms. The first-order valence-electron chi connectivity index (χ1n) is 2.84. The van der Waals surface area contributed by atoms with E-state index in [4.69, 9.17) is 5.73 Å². The number of allylic oxidation sites excluding steroid dienone is 1. The van der Waals surface area contributed by atoms with Crippen molar-refractivity contribution in [2.45, 2.75) is 13.8 Å². The molecule has 3 heteroatoms. The maximum atomic E-state index is 5.47. The van der Waals surface area contributed by atoms with E-state index in [0.29, 0.717) is 5.17 Å². The van der Waals surface area contributed by atoms with Crippen LogP contribution in [0.5, 0.6) is 0 Å². The van der Waals surface area contributed by atoms with Gasteiger partial charge < -0.3 is 5.73 Å². The number of aliphatic imine (C=N–C) groups is 1. The molecule has 0 aromatic carbocycles. The number of nitrogens with two attached hydrogens (primary N) is 1. The third-order valence-corrected chi connectivity index (χ3v) is 2.32. The SMILES string of the molecule is CC1=C(C)SC(N)=NC1. The zero-order valence-electron chi connectivity index (χ0n) is 5.64. The average molecular weight is 142 g/mol. The Kier molecular flexibility index (Phi) is 1.81.